The molecule has 0 aliphatic heterocycles. The number of aromatic nitrogens is 1. The monoisotopic (exact) mass is 280 g/mol. The molecule has 86 valence electrons. The zero-order valence-electron chi connectivity index (χ0n) is 9.76. The van der Waals surface area contributed by atoms with Crippen LogP contribution >= 0.6 is 15.9 Å². The van der Waals surface area contributed by atoms with E-state index < -0.39 is 0 Å². The number of halogens is 1. The van der Waals surface area contributed by atoms with Crippen LogP contribution in [-0.4, -0.2) is 11.1 Å². The number of rotatable bonds is 3. The van der Waals surface area contributed by atoms with E-state index in [1.54, 1.807) is 0 Å². The van der Waals surface area contributed by atoms with E-state index >= 15 is 0 Å². The Bertz CT molecular complexity index is 514. The first-order valence-electron chi connectivity index (χ1n) is 5.65. The second kappa shape index (κ2) is 4.60. The summed E-state index contributed by atoms with van der Waals surface area (Å²) in [4.78, 5) is 0. The van der Waals surface area contributed by atoms with Crippen molar-refractivity contribution in [2.24, 2.45) is 5.73 Å². The van der Waals surface area contributed by atoms with E-state index in [2.05, 4.69) is 52.7 Å². The number of aryl methyl sites for hydroxylation is 2. The minimum Gasteiger partial charge on any atom is -0.347 e. The molecule has 0 amide bonds. The average molecular weight is 281 g/mol. The Kier molecular flexibility index (Phi) is 3.36. The molecule has 2 N–H and O–H groups in total. The Morgan fingerprint density at radius 3 is 2.75 bits per heavy atom. The summed E-state index contributed by atoms with van der Waals surface area (Å²) >= 11 is 3.65. The number of nitrogens with two attached hydrogens (primary N) is 1. The van der Waals surface area contributed by atoms with Crippen LogP contribution in [-0.2, 0) is 13.0 Å². The van der Waals surface area contributed by atoms with E-state index in [1.165, 1.54) is 26.5 Å². The Labute approximate surface area is 105 Å². The summed E-state index contributed by atoms with van der Waals surface area (Å²) in [5.74, 6) is 0. The van der Waals surface area contributed by atoms with Crippen molar-refractivity contribution < 1.29 is 0 Å². The van der Waals surface area contributed by atoms with Crippen molar-refractivity contribution in [2.75, 3.05) is 6.54 Å². The highest BCUT2D eigenvalue weighted by molar-refractivity contribution is 9.10. The summed E-state index contributed by atoms with van der Waals surface area (Å²) in [6.07, 6.45) is 3.17. The number of hydrogen-bond acceptors (Lipinski definition) is 1. The highest BCUT2D eigenvalue weighted by atomic mass is 79.9. The molecule has 0 saturated heterocycles. The second-order valence-electron chi connectivity index (χ2n) is 4.12. The number of nitrogens with zero attached hydrogens (tertiary/aromatic N) is 1. The Balaban J connectivity index is 2.74. The molecule has 0 fully saturated rings. The highest BCUT2D eigenvalue weighted by Gasteiger charge is 2.10. The quantitative estimate of drug-likeness (QED) is 0.920. The maximum Gasteiger partial charge on any atom is 0.0627 e. The van der Waals surface area contributed by atoms with Crippen molar-refractivity contribution in [2.45, 2.75) is 26.8 Å². The number of hydrogen-bond donors (Lipinski definition) is 1. The summed E-state index contributed by atoms with van der Waals surface area (Å²) in [6.45, 7) is 5.98. The van der Waals surface area contributed by atoms with Gasteiger partial charge in [0.05, 0.1) is 5.52 Å². The van der Waals surface area contributed by atoms with Crippen molar-refractivity contribution in [3.8, 4) is 0 Å². The molecule has 0 aliphatic carbocycles. The summed E-state index contributed by atoms with van der Waals surface area (Å²) in [5.41, 5.74) is 9.58. The standard InChI is InChI=1S/C13H17BrN2/c1-3-16-8-10(4-5-15)11-6-9(2)7-12(14)13(11)16/h6-8H,3-5,15H2,1-2H3. The van der Waals surface area contributed by atoms with Crippen molar-refractivity contribution >= 4 is 26.8 Å². The van der Waals surface area contributed by atoms with Gasteiger partial charge in [-0.2, -0.15) is 0 Å². The smallest absolute Gasteiger partial charge is 0.0627 e. The molecule has 1 aromatic carbocycles. The topological polar surface area (TPSA) is 30.9 Å². The van der Waals surface area contributed by atoms with Gasteiger partial charge in [-0.15, -0.1) is 0 Å². The maximum absolute atomic E-state index is 5.66. The summed E-state index contributed by atoms with van der Waals surface area (Å²) < 4.78 is 3.46. The van der Waals surface area contributed by atoms with Crippen LogP contribution in [0.15, 0.2) is 22.8 Å². The van der Waals surface area contributed by atoms with Gasteiger partial charge >= 0.3 is 0 Å². The van der Waals surface area contributed by atoms with E-state index in [4.69, 9.17) is 5.73 Å². The molecule has 2 rings (SSSR count). The molecule has 0 spiro atoms. The fraction of sp³-hybridized carbons (Fsp3) is 0.385. The van der Waals surface area contributed by atoms with Gasteiger partial charge in [0.15, 0.2) is 0 Å². The van der Waals surface area contributed by atoms with E-state index in [0.29, 0.717) is 6.54 Å². The number of fused-ring (bicyclic) bond motifs is 1. The zero-order valence-corrected chi connectivity index (χ0v) is 11.3. The first kappa shape index (κ1) is 11.7. The van der Waals surface area contributed by atoms with Crippen LogP contribution in [0.25, 0.3) is 10.9 Å². The largest absolute Gasteiger partial charge is 0.347 e. The molecular weight excluding hydrogens is 264 g/mol. The molecule has 2 aromatic rings. The van der Waals surface area contributed by atoms with Crippen LogP contribution in [0.3, 0.4) is 0 Å². The summed E-state index contributed by atoms with van der Waals surface area (Å²) in [6, 6.07) is 4.41. The predicted molar refractivity (Wildman–Crippen MR) is 72.8 cm³/mol. The van der Waals surface area contributed by atoms with Crippen molar-refractivity contribution in [1.82, 2.24) is 4.57 Å². The molecule has 0 atom stereocenters. The van der Waals surface area contributed by atoms with Gasteiger partial charge < -0.3 is 10.3 Å². The van der Waals surface area contributed by atoms with Crippen LogP contribution in [0.2, 0.25) is 0 Å². The molecule has 2 nitrogen and oxygen atoms in total. The normalized spacial score (nSPS) is 11.2. The van der Waals surface area contributed by atoms with Gasteiger partial charge in [-0.3, -0.25) is 0 Å². The lowest BCUT2D eigenvalue weighted by atomic mass is 10.1. The van der Waals surface area contributed by atoms with Gasteiger partial charge in [-0.05, 0) is 66.0 Å². The third-order valence-electron chi connectivity index (χ3n) is 2.91. The molecule has 0 radical (unpaired) electrons. The molecule has 0 bridgehead atoms. The maximum atomic E-state index is 5.66. The minimum absolute atomic E-state index is 0.703. The van der Waals surface area contributed by atoms with Gasteiger partial charge in [0, 0.05) is 22.6 Å². The number of benzene rings is 1. The van der Waals surface area contributed by atoms with Crippen LogP contribution in [0.1, 0.15) is 18.1 Å². The molecular formula is C13H17BrN2. The van der Waals surface area contributed by atoms with Crippen molar-refractivity contribution in [3.63, 3.8) is 0 Å². The third kappa shape index (κ3) is 1.89. The summed E-state index contributed by atoms with van der Waals surface area (Å²) in [5, 5.41) is 1.33. The van der Waals surface area contributed by atoms with E-state index in [9.17, 15) is 0 Å². The van der Waals surface area contributed by atoms with Crippen molar-refractivity contribution in [1.29, 1.82) is 0 Å². The van der Waals surface area contributed by atoms with E-state index in [0.717, 1.165) is 13.0 Å². The molecule has 16 heavy (non-hydrogen) atoms. The van der Waals surface area contributed by atoms with Crippen LogP contribution in [0.4, 0.5) is 0 Å². The van der Waals surface area contributed by atoms with Gasteiger partial charge in [-0.25, -0.2) is 0 Å². The molecule has 1 aromatic heterocycles. The molecule has 1 heterocycles. The highest BCUT2D eigenvalue weighted by Crippen LogP contribution is 2.30. The summed E-state index contributed by atoms with van der Waals surface area (Å²) in [7, 11) is 0. The fourth-order valence-corrected chi connectivity index (χ4v) is 3.00. The van der Waals surface area contributed by atoms with E-state index in [1.807, 2.05) is 0 Å². The lowest BCUT2D eigenvalue weighted by molar-refractivity contribution is 0.789. The molecule has 0 saturated carbocycles. The molecule has 0 aliphatic rings. The minimum atomic E-state index is 0.703. The lowest BCUT2D eigenvalue weighted by Gasteiger charge is -2.04. The SMILES string of the molecule is CCn1cc(CCN)c2cc(C)cc(Br)c21. The Hall–Kier alpha value is -0.800. The molecule has 3 heteroatoms. The van der Waals surface area contributed by atoms with Crippen LogP contribution in [0, 0.1) is 6.92 Å². The van der Waals surface area contributed by atoms with Crippen LogP contribution in [0.5, 0.6) is 0 Å². The zero-order chi connectivity index (χ0) is 11.7. The average Bonchev–Trinajstić information content (AvgIpc) is 2.57. The first-order valence-corrected chi connectivity index (χ1v) is 6.44. The Morgan fingerprint density at radius 1 is 1.38 bits per heavy atom. The molecule has 0 unspecified atom stereocenters. The second-order valence-corrected chi connectivity index (χ2v) is 4.98. The fourth-order valence-electron chi connectivity index (χ4n) is 2.20. The van der Waals surface area contributed by atoms with Gasteiger partial charge in [0.25, 0.3) is 0 Å². The Morgan fingerprint density at radius 2 is 2.12 bits per heavy atom. The lowest BCUT2D eigenvalue weighted by Crippen LogP contribution is -2.02. The van der Waals surface area contributed by atoms with E-state index in [-0.39, 0.29) is 0 Å². The van der Waals surface area contributed by atoms with Crippen LogP contribution < -0.4 is 5.73 Å². The van der Waals surface area contributed by atoms with Gasteiger partial charge in [0.2, 0.25) is 0 Å². The van der Waals surface area contributed by atoms with Crippen molar-refractivity contribution in [3.05, 3.63) is 33.9 Å². The third-order valence-corrected chi connectivity index (χ3v) is 3.51. The predicted octanol–water partition coefficient (Wildman–Crippen LogP) is 3.23. The first-order chi connectivity index (χ1) is 7.67. The van der Waals surface area contributed by atoms with Gasteiger partial charge in [-0.1, -0.05) is 0 Å². The van der Waals surface area contributed by atoms with Gasteiger partial charge in [0.1, 0.15) is 0 Å².